The molecule has 21 heavy (non-hydrogen) atoms. The Morgan fingerprint density at radius 1 is 1.38 bits per heavy atom. The predicted molar refractivity (Wildman–Crippen MR) is 88.8 cm³/mol. The lowest BCUT2D eigenvalue weighted by atomic mass is 10.2. The Labute approximate surface area is 133 Å². The molecule has 1 saturated heterocycles. The average Bonchev–Trinajstić information content (AvgIpc) is 3.15. The molecule has 1 heterocycles. The Kier molecular flexibility index (Phi) is 4.74. The minimum absolute atomic E-state index is 0.0925. The van der Waals surface area contributed by atoms with E-state index in [-0.39, 0.29) is 23.5 Å². The van der Waals surface area contributed by atoms with Gasteiger partial charge in [0.05, 0.1) is 13.8 Å². The van der Waals surface area contributed by atoms with Crippen LogP contribution < -0.4 is 4.74 Å². The Balaban J connectivity index is 1.88. The number of aliphatic hydroxyl groups excluding tert-OH is 1. The molecule has 0 saturated carbocycles. The van der Waals surface area contributed by atoms with Crippen molar-refractivity contribution < 1.29 is 14.6 Å². The van der Waals surface area contributed by atoms with E-state index < -0.39 is 14.2 Å². The monoisotopic (exact) mass is 328 g/mol. The number of benzene rings is 1. The molecule has 0 bridgehead atoms. The van der Waals surface area contributed by atoms with Gasteiger partial charge in [0.1, 0.15) is 24.6 Å². The molecule has 3 nitrogen and oxygen atoms in total. The topological polar surface area (TPSA) is 42.0 Å². The van der Waals surface area contributed by atoms with Crippen molar-refractivity contribution in [2.45, 2.75) is 56.8 Å². The summed E-state index contributed by atoms with van der Waals surface area (Å²) in [5.41, 5.74) is 0.204. The van der Waals surface area contributed by atoms with Crippen LogP contribution in [0.4, 0.5) is 0 Å². The van der Waals surface area contributed by atoms with Crippen molar-refractivity contribution in [2.24, 2.45) is 0 Å². The van der Waals surface area contributed by atoms with E-state index in [9.17, 15) is 5.11 Å². The minimum Gasteiger partial charge on any atom is -0.491 e. The summed E-state index contributed by atoms with van der Waals surface area (Å²) in [5, 5.41) is 11.1. The molecule has 1 aliphatic heterocycles. The SMILES string of the molecule is CC(C)(C)[Si](C)(C)C1OC1[C@@H](O)COc1cccc(Cl)c1. The lowest BCUT2D eigenvalue weighted by molar-refractivity contribution is 0.0809. The molecule has 2 rings (SSSR count). The smallest absolute Gasteiger partial charge is 0.120 e. The third-order valence-electron chi connectivity index (χ3n) is 4.77. The van der Waals surface area contributed by atoms with Gasteiger partial charge in [-0.1, -0.05) is 51.5 Å². The zero-order valence-corrected chi connectivity index (χ0v) is 15.1. The minimum atomic E-state index is -1.57. The van der Waals surface area contributed by atoms with Crippen LogP contribution in [0.15, 0.2) is 24.3 Å². The Hall–Kier alpha value is -0.553. The highest BCUT2D eigenvalue weighted by Gasteiger charge is 2.58. The molecule has 3 atom stereocenters. The van der Waals surface area contributed by atoms with Crippen molar-refractivity contribution in [1.29, 1.82) is 0 Å². The lowest BCUT2D eigenvalue weighted by Crippen LogP contribution is -2.46. The highest BCUT2D eigenvalue weighted by Crippen LogP contribution is 2.46. The molecule has 2 unspecified atom stereocenters. The van der Waals surface area contributed by atoms with Gasteiger partial charge in [-0.2, -0.15) is 0 Å². The second kappa shape index (κ2) is 5.92. The molecule has 0 radical (unpaired) electrons. The normalized spacial score (nSPS) is 23.8. The van der Waals surface area contributed by atoms with E-state index >= 15 is 0 Å². The second-order valence-corrected chi connectivity index (χ2v) is 13.3. The number of rotatable bonds is 5. The van der Waals surface area contributed by atoms with Crippen molar-refractivity contribution in [3.63, 3.8) is 0 Å². The number of hydrogen-bond acceptors (Lipinski definition) is 3. The summed E-state index contributed by atoms with van der Waals surface area (Å²) >= 11 is 5.91. The predicted octanol–water partition coefficient (Wildman–Crippen LogP) is 3.89. The van der Waals surface area contributed by atoms with Gasteiger partial charge < -0.3 is 14.6 Å². The Morgan fingerprint density at radius 3 is 2.62 bits per heavy atom. The first-order valence-corrected chi connectivity index (χ1v) is 10.8. The van der Waals surface area contributed by atoms with Gasteiger partial charge in [0.25, 0.3) is 0 Å². The molecule has 0 spiro atoms. The maximum absolute atomic E-state index is 10.3. The molecule has 0 aromatic heterocycles. The summed E-state index contributed by atoms with van der Waals surface area (Å²) in [4.78, 5) is 0. The first-order chi connectivity index (χ1) is 9.63. The standard InChI is InChI=1S/C16H25ClO3Si/c1-16(2,3)21(4,5)15-14(20-15)13(18)10-19-12-8-6-7-11(17)9-12/h6-9,13-15,18H,10H2,1-5H3/t13-,14?,15?/m0/s1. The maximum Gasteiger partial charge on any atom is 0.120 e. The van der Waals surface area contributed by atoms with Gasteiger partial charge >= 0.3 is 0 Å². The van der Waals surface area contributed by atoms with Crippen molar-refractivity contribution >= 4 is 19.7 Å². The van der Waals surface area contributed by atoms with Gasteiger partial charge in [0.2, 0.25) is 0 Å². The van der Waals surface area contributed by atoms with Crippen LogP contribution in [0, 0.1) is 0 Å². The summed E-state index contributed by atoms with van der Waals surface area (Å²) < 4.78 is 11.4. The molecule has 1 N–H and O–H groups in total. The van der Waals surface area contributed by atoms with Crippen LogP contribution in [0.25, 0.3) is 0 Å². The van der Waals surface area contributed by atoms with Gasteiger partial charge in [-0.3, -0.25) is 0 Å². The zero-order chi connectivity index (χ0) is 15.8. The highest BCUT2D eigenvalue weighted by atomic mass is 35.5. The van der Waals surface area contributed by atoms with E-state index in [1.807, 2.05) is 12.1 Å². The third-order valence-corrected chi connectivity index (χ3v) is 10.8. The molecular weight excluding hydrogens is 304 g/mol. The molecule has 0 aliphatic carbocycles. The van der Waals surface area contributed by atoms with Gasteiger partial charge in [0, 0.05) is 5.02 Å². The molecule has 5 heteroatoms. The van der Waals surface area contributed by atoms with Crippen LogP contribution in [0.5, 0.6) is 5.75 Å². The van der Waals surface area contributed by atoms with Crippen molar-refractivity contribution in [2.75, 3.05) is 6.61 Å². The largest absolute Gasteiger partial charge is 0.491 e. The summed E-state index contributed by atoms with van der Waals surface area (Å²) in [5.74, 6) is 0.672. The molecule has 1 aromatic rings. The van der Waals surface area contributed by atoms with Gasteiger partial charge in [-0.15, -0.1) is 0 Å². The van der Waals surface area contributed by atoms with E-state index in [1.165, 1.54) is 0 Å². The maximum atomic E-state index is 10.3. The summed E-state index contributed by atoms with van der Waals surface area (Å²) in [6.45, 7) is 11.6. The van der Waals surface area contributed by atoms with Crippen LogP contribution >= 0.6 is 11.6 Å². The molecule has 1 aromatic carbocycles. The Bertz CT molecular complexity index is 499. The van der Waals surface area contributed by atoms with Gasteiger partial charge in [0.15, 0.2) is 0 Å². The first kappa shape index (κ1) is 16.8. The lowest BCUT2D eigenvalue weighted by Gasteiger charge is -2.35. The van der Waals surface area contributed by atoms with Gasteiger partial charge in [-0.25, -0.2) is 0 Å². The van der Waals surface area contributed by atoms with Gasteiger partial charge in [-0.05, 0) is 23.2 Å². The van der Waals surface area contributed by atoms with E-state index in [4.69, 9.17) is 21.1 Å². The van der Waals surface area contributed by atoms with Crippen LogP contribution in [0.2, 0.25) is 23.2 Å². The van der Waals surface area contributed by atoms with Crippen molar-refractivity contribution in [3.05, 3.63) is 29.3 Å². The van der Waals surface area contributed by atoms with Crippen LogP contribution in [0.3, 0.4) is 0 Å². The summed E-state index contributed by atoms with van der Waals surface area (Å²) in [7, 11) is -1.57. The Morgan fingerprint density at radius 2 is 2.05 bits per heavy atom. The fraction of sp³-hybridized carbons (Fsp3) is 0.625. The molecule has 118 valence electrons. The van der Waals surface area contributed by atoms with E-state index in [0.717, 1.165) is 0 Å². The highest BCUT2D eigenvalue weighted by molar-refractivity contribution is 6.82. The van der Waals surface area contributed by atoms with E-state index in [1.54, 1.807) is 12.1 Å². The fourth-order valence-electron chi connectivity index (χ4n) is 2.26. The van der Waals surface area contributed by atoms with E-state index in [0.29, 0.717) is 10.8 Å². The molecule has 1 aliphatic rings. The average molecular weight is 329 g/mol. The second-order valence-electron chi connectivity index (χ2n) is 7.33. The molecule has 1 fully saturated rings. The number of aliphatic hydroxyl groups is 1. The number of halogens is 1. The number of epoxide rings is 1. The molecule has 0 amide bonds. The van der Waals surface area contributed by atoms with Crippen LogP contribution in [0.1, 0.15) is 20.8 Å². The molecular formula is C16H25ClO3Si. The van der Waals surface area contributed by atoms with Crippen molar-refractivity contribution in [1.82, 2.24) is 0 Å². The van der Waals surface area contributed by atoms with Crippen LogP contribution in [-0.4, -0.2) is 37.7 Å². The third kappa shape index (κ3) is 3.80. The first-order valence-electron chi connectivity index (χ1n) is 7.35. The van der Waals surface area contributed by atoms with E-state index in [2.05, 4.69) is 33.9 Å². The van der Waals surface area contributed by atoms with Crippen LogP contribution in [-0.2, 0) is 4.74 Å². The zero-order valence-electron chi connectivity index (χ0n) is 13.4. The quantitative estimate of drug-likeness (QED) is 0.658. The number of hydrogen-bond donors (Lipinski definition) is 1. The van der Waals surface area contributed by atoms with Crippen molar-refractivity contribution in [3.8, 4) is 5.75 Å². The summed E-state index contributed by atoms with van der Waals surface area (Å²) in [6.07, 6.45) is -0.687. The number of ether oxygens (including phenoxy) is 2. The summed E-state index contributed by atoms with van der Waals surface area (Å²) in [6, 6.07) is 7.20. The fourth-order valence-corrected chi connectivity index (χ4v) is 4.83.